The summed E-state index contributed by atoms with van der Waals surface area (Å²) in [5.74, 6) is -1.33. The van der Waals surface area contributed by atoms with E-state index in [9.17, 15) is 13.2 Å². The number of aromatic carboxylic acids is 1. The van der Waals surface area contributed by atoms with Crippen LogP contribution in [0.3, 0.4) is 0 Å². The van der Waals surface area contributed by atoms with Crippen molar-refractivity contribution in [2.75, 3.05) is 6.61 Å². The predicted octanol–water partition coefficient (Wildman–Crippen LogP) is 0.575. The average molecular weight is 287 g/mol. The number of carboxylic acids is 1. The maximum absolute atomic E-state index is 11.9. The second-order valence-corrected chi connectivity index (χ2v) is 6.63. The molecule has 0 aliphatic rings. The minimum Gasteiger partial charge on any atom is -0.478 e. The van der Waals surface area contributed by atoms with Crippen molar-refractivity contribution in [2.45, 2.75) is 25.1 Å². The van der Waals surface area contributed by atoms with Gasteiger partial charge in [0, 0.05) is 0 Å². The molecule has 6 nitrogen and oxygen atoms in total. The molecule has 0 aliphatic heterocycles. The van der Waals surface area contributed by atoms with Crippen molar-refractivity contribution >= 4 is 16.0 Å². The lowest BCUT2D eigenvalue weighted by molar-refractivity contribution is 0.0697. The van der Waals surface area contributed by atoms with Crippen molar-refractivity contribution in [1.29, 1.82) is 0 Å². The Morgan fingerprint density at radius 1 is 1.26 bits per heavy atom. The maximum Gasteiger partial charge on any atom is 0.335 e. The first kappa shape index (κ1) is 15.6. The number of hydrogen-bond donors (Lipinski definition) is 3. The molecule has 0 saturated heterocycles. The standard InChI is InChI=1S/C12H17NO5S/c1-12(2,8-14)13-19(17,18)7-9-3-5-10(6-4-9)11(15)16/h3-6,13-14H,7-8H2,1-2H3,(H,15,16). The molecule has 0 radical (unpaired) electrons. The number of benzene rings is 1. The summed E-state index contributed by atoms with van der Waals surface area (Å²) in [6, 6.07) is 5.61. The number of nitrogens with one attached hydrogen (secondary N) is 1. The van der Waals surface area contributed by atoms with Crippen molar-refractivity contribution in [1.82, 2.24) is 4.72 Å². The molecule has 0 atom stereocenters. The number of sulfonamides is 1. The monoisotopic (exact) mass is 287 g/mol. The summed E-state index contributed by atoms with van der Waals surface area (Å²) in [6.07, 6.45) is 0. The summed E-state index contributed by atoms with van der Waals surface area (Å²) in [5, 5.41) is 17.8. The average Bonchev–Trinajstić information content (AvgIpc) is 2.27. The van der Waals surface area contributed by atoms with Gasteiger partial charge in [-0.25, -0.2) is 17.9 Å². The van der Waals surface area contributed by atoms with Gasteiger partial charge in [0.15, 0.2) is 0 Å². The zero-order chi connectivity index (χ0) is 14.7. The molecule has 0 fully saturated rings. The first-order chi connectivity index (χ1) is 8.65. The van der Waals surface area contributed by atoms with Crippen LogP contribution in [0, 0.1) is 0 Å². The zero-order valence-electron chi connectivity index (χ0n) is 10.8. The number of hydrogen-bond acceptors (Lipinski definition) is 4. The molecular weight excluding hydrogens is 270 g/mol. The molecule has 7 heteroatoms. The molecule has 0 spiro atoms. The number of aliphatic hydroxyl groups is 1. The van der Waals surface area contributed by atoms with Crippen LogP contribution in [-0.2, 0) is 15.8 Å². The van der Waals surface area contributed by atoms with Crippen LogP contribution in [0.25, 0.3) is 0 Å². The van der Waals surface area contributed by atoms with Crippen LogP contribution in [0.1, 0.15) is 29.8 Å². The molecule has 1 aromatic rings. The van der Waals surface area contributed by atoms with E-state index >= 15 is 0 Å². The van der Waals surface area contributed by atoms with E-state index in [2.05, 4.69) is 4.72 Å². The lowest BCUT2D eigenvalue weighted by Gasteiger charge is -2.23. The minimum absolute atomic E-state index is 0.102. The van der Waals surface area contributed by atoms with Crippen molar-refractivity contribution in [3.63, 3.8) is 0 Å². The Morgan fingerprint density at radius 2 is 1.79 bits per heavy atom. The third-order valence-electron chi connectivity index (χ3n) is 2.38. The Balaban J connectivity index is 2.81. The first-order valence-corrected chi connectivity index (χ1v) is 7.25. The second kappa shape index (κ2) is 5.68. The fourth-order valence-corrected chi connectivity index (χ4v) is 3.06. The molecule has 0 saturated carbocycles. The Hall–Kier alpha value is -1.44. The summed E-state index contributed by atoms with van der Waals surface area (Å²) in [5.41, 5.74) is -0.351. The second-order valence-electron chi connectivity index (χ2n) is 4.91. The highest BCUT2D eigenvalue weighted by molar-refractivity contribution is 7.88. The Kier molecular flexibility index (Phi) is 4.67. The van der Waals surface area contributed by atoms with Gasteiger partial charge in [-0.3, -0.25) is 0 Å². The van der Waals surface area contributed by atoms with Crippen LogP contribution in [0.15, 0.2) is 24.3 Å². The third-order valence-corrected chi connectivity index (χ3v) is 3.96. The number of rotatable bonds is 6. The van der Waals surface area contributed by atoms with Crippen LogP contribution in [-0.4, -0.2) is 36.7 Å². The molecule has 0 amide bonds. The Bertz CT molecular complexity index is 548. The van der Waals surface area contributed by atoms with E-state index in [1.165, 1.54) is 24.3 Å². The van der Waals surface area contributed by atoms with Gasteiger partial charge >= 0.3 is 5.97 Å². The molecule has 106 valence electrons. The van der Waals surface area contributed by atoms with Gasteiger partial charge in [0.05, 0.1) is 23.5 Å². The van der Waals surface area contributed by atoms with Crippen LogP contribution in [0.2, 0.25) is 0 Å². The number of carbonyl (C=O) groups is 1. The van der Waals surface area contributed by atoms with E-state index in [0.29, 0.717) is 5.56 Å². The van der Waals surface area contributed by atoms with Crippen molar-refractivity contribution in [3.05, 3.63) is 35.4 Å². The highest BCUT2D eigenvalue weighted by atomic mass is 32.2. The lowest BCUT2D eigenvalue weighted by Crippen LogP contribution is -2.46. The van der Waals surface area contributed by atoms with Crippen LogP contribution in [0.4, 0.5) is 0 Å². The van der Waals surface area contributed by atoms with E-state index in [1.807, 2.05) is 0 Å². The molecule has 0 aromatic heterocycles. The molecular formula is C12H17NO5S. The third kappa shape index (κ3) is 4.98. The maximum atomic E-state index is 11.9. The van der Waals surface area contributed by atoms with Gasteiger partial charge in [-0.1, -0.05) is 12.1 Å². The first-order valence-electron chi connectivity index (χ1n) is 5.60. The summed E-state index contributed by atoms with van der Waals surface area (Å²) in [7, 11) is -3.59. The van der Waals surface area contributed by atoms with Crippen molar-refractivity contribution in [3.8, 4) is 0 Å². The smallest absolute Gasteiger partial charge is 0.335 e. The van der Waals surface area contributed by atoms with Gasteiger partial charge in [-0.05, 0) is 31.5 Å². The Morgan fingerprint density at radius 3 is 2.21 bits per heavy atom. The predicted molar refractivity (Wildman–Crippen MR) is 70.3 cm³/mol. The minimum atomic E-state index is -3.59. The topological polar surface area (TPSA) is 104 Å². The van der Waals surface area contributed by atoms with Gasteiger partial charge in [0.2, 0.25) is 10.0 Å². The molecule has 19 heavy (non-hydrogen) atoms. The number of carboxylic acid groups (broad SMARTS) is 1. The molecule has 0 aliphatic carbocycles. The summed E-state index contributed by atoms with van der Waals surface area (Å²) in [6.45, 7) is 2.82. The lowest BCUT2D eigenvalue weighted by atomic mass is 10.1. The number of aliphatic hydroxyl groups excluding tert-OH is 1. The summed E-state index contributed by atoms with van der Waals surface area (Å²) >= 11 is 0. The van der Waals surface area contributed by atoms with Gasteiger partial charge < -0.3 is 10.2 Å². The highest BCUT2D eigenvalue weighted by Gasteiger charge is 2.24. The van der Waals surface area contributed by atoms with Gasteiger partial charge in [0.1, 0.15) is 0 Å². The molecule has 1 aromatic carbocycles. The Labute approximate surface area is 112 Å². The van der Waals surface area contributed by atoms with Gasteiger partial charge in [-0.15, -0.1) is 0 Å². The zero-order valence-corrected chi connectivity index (χ0v) is 11.6. The van der Waals surface area contributed by atoms with E-state index < -0.39 is 21.5 Å². The van der Waals surface area contributed by atoms with E-state index in [-0.39, 0.29) is 17.9 Å². The normalized spacial score (nSPS) is 12.4. The summed E-state index contributed by atoms with van der Waals surface area (Å²) in [4.78, 5) is 10.7. The van der Waals surface area contributed by atoms with Gasteiger partial charge in [0.25, 0.3) is 0 Å². The molecule has 0 bridgehead atoms. The van der Waals surface area contributed by atoms with Crippen LogP contribution >= 0.6 is 0 Å². The van der Waals surface area contributed by atoms with Crippen molar-refractivity contribution in [2.24, 2.45) is 0 Å². The van der Waals surface area contributed by atoms with E-state index in [1.54, 1.807) is 13.8 Å². The SMILES string of the molecule is CC(C)(CO)NS(=O)(=O)Cc1ccc(C(=O)O)cc1. The van der Waals surface area contributed by atoms with Gasteiger partial charge in [-0.2, -0.15) is 0 Å². The highest BCUT2D eigenvalue weighted by Crippen LogP contribution is 2.10. The largest absolute Gasteiger partial charge is 0.478 e. The molecule has 0 heterocycles. The van der Waals surface area contributed by atoms with E-state index in [4.69, 9.17) is 10.2 Å². The van der Waals surface area contributed by atoms with Crippen LogP contribution < -0.4 is 4.72 Å². The van der Waals surface area contributed by atoms with Crippen LogP contribution in [0.5, 0.6) is 0 Å². The molecule has 1 rings (SSSR count). The van der Waals surface area contributed by atoms with E-state index in [0.717, 1.165) is 0 Å². The van der Waals surface area contributed by atoms with Crippen molar-refractivity contribution < 1.29 is 23.4 Å². The molecule has 3 N–H and O–H groups in total. The quantitative estimate of drug-likeness (QED) is 0.710. The fourth-order valence-electron chi connectivity index (χ4n) is 1.45. The summed E-state index contributed by atoms with van der Waals surface area (Å²) < 4.78 is 26.1. The fraction of sp³-hybridized carbons (Fsp3) is 0.417. The molecule has 0 unspecified atom stereocenters.